The first-order valence-electron chi connectivity index (χ1n) is 10.6. The Bertz CT molecular complexity index is 1260. The van der Waals surface area contributed by atoms with Gasteiger partial charge in [0.1, 0.15) is 5.82 Å². The Labute approximate surface area is 197 Å². The highest BCUT2D eigenvalue weighted by Gasteiger charge is 2.21. The zero-order chi connectivity index (χ0) is 23.4. The molecule has 0 radical (unpaired) electrons. The summed E-state index contributed by atoms with van der Waals surface area (Å²) in [6.45, 7) is 6.33. The minimum absolute atomic E-state index is 0.0981. The molecule has 5 nitrogen and oxygen atoms in total. The third-order valence-corrected chi connectivity index (χ3v) is 6.03. The summed E-state index contributed by atoms with van der Waals surface area (Å²) >= 11 is 1.26. The van der Waals surface area contributed by atoms with E-state index in [1.807, 2.05) is 54.6 Å². The van der Waals surface area contributed by atoms with Gasteiger partial charge in [-0.15, -0.1) is 10.2 Å². The molecule has 0 bridgehead atoms. The fourth-order valence-corrected chi connectivity index (χ4v) is 4.30. The Morgan fingerprint density at radius 1 is 0.939 bits per heavy atom. The maximum Gasteiger partial charge on any atom is 0.234 e. The molecular weight excluding hydrogens is 435 g/mol. The minimum atomic E-state index is -0.379. The molecule has 0 saturated heterocycles. The molecule has 1 amide bonds. The molecular formula is C26H25FN4OS. The Kier molecular flexibility index (Phi) is 6.60. The van der Waals surface area contributed by atoms with Crippen molar-refractivity contribution >= 4 is 23.4 Å². The molecule has 1 N–H and O–H groups in total. The number of anilines is 1. The monoisotopic (exact) mass is 460 g/mol. The quantitative estimate of drug-likeness (QED) is 0.353. The summed E-state index contributed by atoms with van der Waals surface area (Å²) < 4.78 is 16.3. The molecule has 7 heteroatoms. The normalized spacial score (nSPS) is 11.4. The standard InChI is InChI=1S/C26H25FN4OS/c1-26(2,3)20-14-8-10-16-22(20)28-23(32)17-33-25-30-29-24(19-13-7-9-15-21(19)27)31(25)18-11-5-4-6-12-18/h4-16H,17H2,1-3H3,(H,28,32). The Balaban J connectivity index is 1.60. The summed E-state index contributed by atoms with van der Waals surface area (Å²) in [7, 11) is 0. The van der Waals surface area contributed by atoms with Crippen LogP contribution in [0.3, 0.4) is 0 Å². The lowest BCUT2D eigenvalue weighted by atomic mass is 9.86. The fraction of sp³-hybridized carbons (Fsp3) is 0.192. The van der Waals surface area contributed by atoms with Crippen molar-refractivity contribution in [1.82, 2.24) is 14.8 Å². The summed E-state index contributed by atoms with van der Waals surface area (Å²) in [4.78, 5) is 12.8. The molecule has 0 saturated carbocycles. The van der Waals surface area contributed by atoms with Crippen LogP contribution in [-0.2, 0) is 10.2 Å². The summed E-state index contributed by atoms with van der Waals surface area (Å²) in [6.07, 6.45) is 0. The third kappa shape index (κ3) is 5.14. The number of nitrogens with zero attached hydrogens (tertiary/aromatic N) is 3. The third-order valence-electron chi connectivity index (χ3n) is 5.10. The summed E-state index contributed by atoms with van der Waals surface area (Å²) in [5, 5.41) is 12.1. The number of halogens is 1. The van der Waals surface area contributed by atoms with Gasteiger partial charge in [0.05, 0.1) is 11.3 Å². The molecule has 0 fully saturated rings. The summed E-state index contributed by atoms with van der Waals surface area (Å²) in [6, 6.07) is 23.8. The van der Waals surface area contributed by atoms with E-state index in [0.29, 0.717) is 16.5 Å². The lowest BCUT2D eigenvalue weighted by molar-refractivity contribution is -0.113. The first kappa shape index (κ1) is 22.7. The molecule has 0 aliphatic heterocycles. The first-order valence-corrected chi connectivity index (χ1v) is 11.6. The number of nitrogens with one attached hydrogen (secondary N) is 1. The van der Waals surface area contributed by atoms with Crippen molar-refractivity contribution < 1.29 is 9.18 Å². The van der Waals surface area contributed by atoms with Crippen LogP contribution in [0.25, 0.3) is 17.1 Å². The van der Waals surface area contributed by atoms with Crippen molar-refractivity contribution in [2.75, 3.05) is 11.1 Å². The van der Waals surface area contributed by atoms with Gasteiger partial charge in [0.25, 0.3) is 0 Å². The Hall–Kier alpha value is -3.45. The number of carbonyl (C=O) groups excluding carboxylic acids is 1. The van der Waals surface area contributed by atoms with Crippen LogP contribution in [0.1, 0.15) is 26.3 Å². The van der Waals surface area contributed by atoms with Crippen LogP contribution in [0.5, 0.6) is 0 Å². The minimum Gasteiger partial charge on any atom is -0.325 e. The van der Waals surface area contributed by atoms with E-state index < -0.39 is 0 Å². The van der Waals surface area contributed by atoms with Crippen LogP contribution in [0.15, 0.2) is 84.0 Å². The van der Waals surface area contributed by atoms with Gasteiger partial charge in [0, 0.05) is 11.4 Å². The van der Waals surface area contributed by atoms with Gasteiger partial charge < -0.3 is 5.32 Å². The lowest BCUT2D eigenvalue weighted by Crippen LogP contribution is -2.20. The van der Waals surface area contributed by atoms with Crippen LogP contribution < -0.4 is 5.32 Å². The number of aromatic nitrogens is 3. The van der Waals surface area contributed by atoms with E-state index in [1.165, 1.54) is 17.8 Å². The Morgan fingerprint density at radius 3 is 2.33 bits per heavy atom. The SMILES string of the molecule is CC(C)(C)c1ccccc1NC(=O)CSc1nnc(-c2ccccc2F)n1-c1ccccc1. The second-order valence-corrected chi connectivity index (χ2v) is 9.53. The van der Waals surface area contributed by atoms with E-state index in [2.05, 4.69) is 36.3 Å². The van der Waals surface area contributed by atoms with Gasteiger partial charge in [-0.1, -0.05) is 81.1 Å². The van der Waals surface area contributed by atoms with Gasteiger partial charge in [0.15, 0.2) is 11.0 Å². The molecule has 0 atom stereocenters. The number of thioether (sulfide) groups is 1. The molecule has 1 heterocycles. The van der Waals surface area contributed by atoms with Gasteiger partial charge in [-0.25, -0.2) is 4.39 Å². The summed E-state index contributed by atoms with van der Waals surface area (Å²) in [5.74, 6) is 0.00275. The number of amides is 1. The zero-order valence-corrected chi connectivity index (χ0v) is 19.6. The molecule has 168 valence electrons. The van der Waals surface area contributed by atoms with E-state index in [-0.39, 0.29) is 22.9 Å². The van der Waals surface area contributed by atoms with Crippen LogP contribution in [0.2, 0.25) is 0 Å². The van der Waals surface area contributed by atoms with Crippen molar-refractivity contribution in [2.24, 2.45) is 0 Å². The van der Waals surface area contributed by atoms with Gasteiger partial charge >= 0.3 is 0 Å². The maximum absolute atomic E-state index is 14.5. The largest absolute Gasteiger partial charge is 0.325 e. The number of carbonyl (C=O) groups is 1. The van der Waals surface area contributed by atoms with E-state index in [0.717, 1.165) is 16.9 Å². The lowest BCUT2D eigenvalue weighted by Gasteiger charge is -2.23. The van der Waals surface area contributed by atoms with Crippen LogP contribution in [-0.4, -0.2) is 26.4 Å². The number of rotatable bonds is 6. The highest BCUT2D eigenvalue weighted by molar-refractivity contribution is 7.99. The Morgan fingerprint density at radius 2 is 1.61 bits per heavy atom. The van der Waals surface area contributed by atoms with Crippen molar-refractivity contribution in [1.29, 1.82) is 0 Å². The van der Waals surface area contributed by atoms with Crippen molar-refractivity contribution in [3.8, 4) is 17.1 Å². The van der Waals surface area contributed by atoms with Crippen LogP contribution in [0, 0.1) is 5.82 Å². The topological polar surface area (TPSA) is 59.8 Å². The van der Waals surface area contributed by atoms with Crippen molar-refractivity contribution in [3.05, 3.63) is 90.2 Å². The second kappa shape index (κ2) is 9.58. The van der Waals surface area contributed by atoms with Crippen LogP contribution >= 0.6 is 11.8 Å². The molecule has 0 unspecified atom stereocenters. The molecule has 1 aromatic heterocycles. The number of benzene rings is 3. The molecule has 33 heavy (non-hydrogen) atoms. The average Bonchev–Trinajstić information content (AvgIpc) is 3.22. The smallest absolute Gasteiger partial charge is 0.234 e. The van der Waals surface area contributed by atoms with Crippen molar-refractivity contribution in [2.45, 2.75) is 31.3 Å². The fourth-order valence-electron chi connectivity index (χ4n) is 3.55. The van der Waals surface area contributed by atoms with Gasteiger partial charge in [-0.2, -0.15) is 0 Å². The number of para-hydroxylation sites is 2. The molecule has 4 aromatic rings. The average molecular weight is 461 g/mol. The molecule has 3 aromatic carbocycles. The molecule has 0 spiro atoms. The highest BCUT2D eigenvalue weighted by atomic mass is 32.2. The van der Waals surface area contributed by atoms with E-state index in [1.54, 1.807) is 22.8 Å². The van der Waals surface area contributed by atoms with Crippen molar-refractivity contribution in [3.63, 3.8) is 0 Å². The molecule has 0 aliphatic carbocycles. The van der Waals surface area contributed by atoms with E-state index >= 15 is 0 Å². The number of hydrogen-bond acceptors (Lipinski definition) is 4. The van der Waals surface area contributed by atoms with E-state index in [4.69, 9.17) is 0 Å². The first-order chi connectivity index (χ1) is 15.8. The molecule has 4 rings (SSSR count). The second-order valence-electron chi connectivity index (χ2n) is 8.59. The predicted octanol–water partition coefficient (Wildman–Crippen LogP) is 6.10. The zero-order valence-electron chi connectivity index (χ0n) is 18.7. The number of hydrogen-bond donors (Lipinski definition) is 1. The van der Waals surface area contributed by atoms with Gasteiger partial charge in [-0.3, -0.25) is 9.36 Å². The predicted molar refractivity (Wildman–Crippen MR) is 131 cm³/mol. The highest BCUT2D eigenvalue weighted by Crippen LogP contribution is 2.31. The maximum atomic E-state index is 14.5. The summed E-state index contributed by atoms with van der Waals surface area (Å²) in [5.41, 5.74) is 2.91. The van der Waals surface area contributed by atoms with Gasteiger partial charge in [0.2, 0.25) is 5.91 Å². The van der Waals surface area contributed by atoms with Crippen LogP contribution in [0.4, 0.5) is 10.1 Å². The van der Waals surface area contributed by atoms with Gasteiger partial charge in [-0.05, 0) is 41.3 Å². The molecule has 0 aliphatic rings. The van der Waals surface area contributed by atoms with E-state index in [9.17, 15) is 9.18 Å².